The predicted octanol–water partition coefficient (Wildman–Crippen LogP) is 6.14. The summed E-state index contributed by atoms with van der Waals surface area (Å²) >= 11 is 6.27. The van der Waals surface area contributed by atoms with Crippen molar-refractivity contribution in [1.82, 2.24) is 15.1 Å². The third kappa shape index (κ3) is 6.26. The van der Waals surface area contributed by atoms with Crippen molar-refractivity contribution >= 4 is 23.4 Å². The summed E-state index contributed by atoms with van der Waals surface area (Å²) in [6, 6.07) is 18.6. The second-order valence-electron chi connectivity index (χ2n) is 10.3. The maximum Gasteiger partial charge on any atom is 0.408 e. The Morgan fingerprint density at radius 2 is 1.78 bits per heavy atom. The number of carbonyl (C=O) groups excluding carboxylic acids is 1. The van der Waals surface area contributed by atoms with Crippen LogP contribution in [0.3, 0.4) is 0 Å². The first kappa shape index (κ1) is 25.8. The zero-order chi connectivity index (χ0) is 25.9. The molecule has 1 aromatic heterocycles. The van der Waals surface area contributed by atoms with Gasteiger partial charge in [0.25, 0.3) is 5.56 Å². The molecule has 3 aromatic rings. The molecule has 3 N–H and O–H groups in total. The summed E-state index contributed by atoms with van der Waals surface area (Å²) in [5.41, 5.74) is 7.93. The Morgan fingerprint density at radius 3 is 2.42 bits per heavy atom. The molecular weight excluding hydrogens is 476 g/mol. The molecule has 7 nitrogen and oxygen atoms in total. The second kappa shape index (κ2) is 10.7. The molecule has 1 atom stereocenters. The lowest BCUT2D eigenvalue weighted by molar-refractivity contribution is 0.0471. The van der Waals surface area contributed by atoms with Crippen LogP contribution in [0.4, 0.5) is 10.5 Å². The van der Waals surface area contributed by atoms with Gasteiger partial charge in [0.05, 0.1) is 17.8 Å². The smallest absolute Gasteiger partial charge is 0.408 e. The number of anilines is 1. The standard InChI is InChI=1S/C28H33ClN4O3/c1-28(2,3)36-27(35)31-25(20-10-7-11-21(29)16-20)19-12-14-22(15-13-19)33-26(34)23(30)17-24(32-33)18-8-5-4-6-9-18/h4-11,16-17,19,22,25H,12-15,30H2,1-3H3,(H,31,35). The summed E-state index contributed by atoms with van der Waals surface area (Å²) in [4.78, 5) is 25.6. The highest BCUT2D eigenvalue weighted by atomic mass is 35.5. The molecule has 1 aliphatic rings. The molecule has 1 aliphatic carbocycles. The van der Waals surface area contributed by atoms with Gasteiger partial charge in [0.2, 0.25) is 0 Å². The summed E-state index contributed by atoms with van der Waals surface area (Å²) in [5, 5.41) is 8.35. The van der Waals surface area contributed by atoms with E-state index in [1.165, 1.54) is 0 Å². The number of nitrogens with two attached hydrogens (primary N) is 1. The third-order valence-electron chi connectivity index (χ3n) is 6.47. The molecule has 1 heterocycles. The molecule has 4 rings (SSSR count). The van der Waals surface area contributed by atoms with Gasteiger partial charge in [-0.15, -0.1) is 0 Å². The summed E-state index contributed by atoms with van der Waals surface area (Å²) < 4.78 is 7.08. The Bertz CT molecular complexity index is 1260. The van der Waals surface area contributed by atoms with Crippen LogP contribution in [0, 0.1) is 5.92 Å². The fraction of sp³-hybridized carbons (Fsp3) is 0.393. The zero-order valence-electron chi connectivity index (χ0n) is 20.9. The number of amides is 1. The highest BCUT2D eigenvalue weighted by Crippen LogP contribution is 2.39. The Labute approximate surface area is 216 Å². The van der Waals surface area contributed by atoms with Crippen LogP contribution in [-0.2, 0) is 4.74 Å². The Balaban J connectivity index is 1.55. The highest BCUT2D eigenvalue weighted by molar-refractivity contribution is 6.30. The minimum absolute atomic E-state index is 0.0683. The van der Waals surface area contributed by atoms with Crippen molar-refractivity contribution in [2.75, 3.05) is 5.73 Å². The maximum absolute atomic E-state index is 12.9. The van der Waals surface area contributed by atoms with E-state index in [0.717, 1.165) is 36.8 Å². The van der Waals surface area contributed by atoms with E-state index in [2.05, 4.69) is 10.4 Å². The molecule has 0 aliphatic heterocycles. The first-order valence-electron chi connectivity index (χ1n) is 12.3. The molecule has 0 spiro atoms. The number of nitrogens with one attached hydrogen (secondary N) is 1. The first-order valence-corrected chi connectivity index (χ1v) is 12.7. The fourth-order valence-corrected chi connectivity index (χ4v) is 5.02. The van der Waals surface area contributed by atoms with Gasteiger partial charge in [-0.05, 0) is 76.1 Å². The lowest BCUT2D eigenvalue weighted by Gasteiger charge is -2.35. The molecule has 0 saturated heterocycles. The monoisotopic (exact) mass is 508 g/mol. The van der Waals surface area contributed by atoms with Crippen molar-refractivity contribution in [2.24, 2.45) is 5.92 Å². The number of halogens is 1. The quantitative estimate of drug-likeness (QED) is 0.431. The number of ether oxygens (including phenoxy) is 1. The van der Waals surface area contributed by atoms with E-state index in [0.29, 0.717) is 10.7 Å². The van der Waals surface area contributed by atoms with E-state index in [1.54, 1.807) is 10.7 Å². The van der Waals surface area contributed by atoms with E-state index in [-0.39, 0.29) is 29.2 Å². The highest BCUT2D eigenvalue weighted by Gasteiger charge is 2.32. The van der Waals surface area contributed by atoms with Crippen LogP contribution < -0.4 is 16.6 Å². The molecular formula is C28H33ClN4O3. The van der Waals surface area contributed by atoms with Crippen LogP contribution in [0.2, 0.25) is 5.02 Å². The molecule has 190 valence electrons. The molecule has 1 fully saturated rings. The van der Waals surface area contributed by atoms with Gasteiger partial charge in [0, 0.05) is 10.6 Å². The summed E-state index contributed by atoms with van der Waals surface area (Å²) in [6.45, 7) is 5.52. The Hall–Kier alpha value is -3.32. The van der Waals surface area contributed by atoms with Crippen LogP contribution in [0.5, 0.6) is 0 Å². The van der Waals surface area contributed by atoms with Crippen LogP contribution in [0.15, 0.2) is 65.5 Å². The SMILES string of the molecule is CC(C)(C)OC(=O)NC(c1cccc(Cl)c1)C1CCC(n2nc(-c3ccccc3)cc(N)c2=O)CC1. The predicted molar refractivity (Wildman–Crippen MR) is 143 cm³/mol. The number of nitrogens with zero attached hydrogens (tertiary/aromatic N) is 2. The van der Waals surface area contributed by atoms with Gasteiger partial charge in [0.15, 0.2) is 0 Å². The van der Waals surface area contributed by atoms with Crippen LogP contribution in [0.1, 0.15) is 64.1 Å². The molecule has 2 aromatic carbocycles. The van der Waals surface area contributed by atoms with Crippen molar-refractivity contribution in [3.8, 4) is 11.3 Å². The number of benzene rings is 2. The summed E-state index contributed by atoms with van der Waals surface area (Å²) in [5.74, 6) is 0.151. The van der Waals surface area contributed by atoms with Gasteiger partial charge >= 0.3 is 6.09 Å². The van der Waals surface area contributed by atoms with Crippen LogP contribution in [0.25, 0.3) is 11.3 Å². The molecule has 1 amide bonds. The van der Waals surface area contributed by atoms with Crippen molar-refractivity contribution < 1.29 is 9.53 Å². The molecule has 1 saturated carbocycles. The first-order chi connectivity index (χ1) is 17.1. The number of aromatic nitrogens is 2. The minimum atomic E-state index is -0.600. The van der Waals surface area contributed by atoms with Gasteiger partial charge in [-0.25, -0.2) is 9.48 Å². The van der Waals surface area contributed by atoms with E-state index in [9.17, 15) is 9.59 Å². The van der Waals surface area contributed by atoms with Gasteiger partial charge in [-0.2, -0.15) is 5.10 Å². The average molecular weight is 509 g/mol. The number of carbonyl (C=O) groups is 1. The van der Waals surface area contributed by atoms with Crippen molar-refractivity contribution in [1.29, 1.82) is 0 Å². The molecule has 36 heavy (non-hydrogen) atoms. The van der Waals surface area contributed by atoms with Gasteiger partial charge in [-0.1, -0.05) is 54.1 Å². The van der Waals surface area contributed by atoms with Crippen molar-refractivity contribution in [3.05, 3.63) is 81.6 Å². The molecule has 0 radical (unpaired) electrons. The zero-order valence-corrected chi connectivity index (χ0v) is 21.7. The number of rotatable bonds is 5. The van der Waals surface area contributed by atoms with Gasteiger partial charge < -0.3 is 15.8 Å². The Kier molecular flexibility index (Phi) is 7.69. The lowest BCUT2D eigenvalue weighted by atomic mass is 9.79. The van der Waals surface area contributed by atoms with Crippen LogP contribution in [-0.4, -0.2) is 21.5 Å². The molecule has 1 unspecified atom stereocenters. The van der Waals surface area contributed by atoms with E-state index < -0.39 is 11.7 Å². The van der Waals surface area contributed by atoms with E-state index in [1.807, 2.05) is 75.4 Å². The maximum atomic E-state index is 12.9. The number of hydrogen-bond acceptors (Lipinski definition) is 5. The van der Waals surface area contributed by atoms with Gasteiger partial charge in [0.1, 0.15) is 11.3 Å². The minimum Gasteiger partial charge on any atom is -0.444 e. The van der Waals surface area contributed by atoms with Crippen molar-refractivity contribution in [3.63, 3.8) is 0 Å². The molecule has 8 heteroatoms. The summed E-state index contributed by atoms with van der Waals surface area (Å²) in [7, 11) is 0. The number of nitrogen functional groups attached to an aromatic ring is 1. The second-order valence-corrected chi connectivity index (χ2v) is 10.8. The average Bonchev–Trinajstić information content (AvgIpc) is 2.84. The Morgan fingerprint density at radius 1 is 1.08 bits per heavy atom. The largest absolute Gasteiger partial charge is 0.444 e. The summed E-state index contributed by atoms with van der Waals surface area (Å²) in [6.07, 6.45) is 2.60. The topological polar surface area (TPSA) is 99.2 Å². The van der Waals surface area contributed by atoms with Crippen molar-refractivity contribution in [2.45, 2.75) is 64.1 Å². The number of alkyl carbamates (subject to hydrolysis) is 1. The lowest BCUT2D eigenvalue weighted by Crippen LogP contribution is -2.39. The fourth-order valence-electron chi connectivity index (χ4n) is 4.82. The van der Waals surface area contributed by atoms with Crippen LogP contribution >= 0.6 is 11.6 Å². The van der Waals surface area contributed by atoms with E-state index >= 15 is 0 Å². The third-order valence-corrected chi connectivity index (χ3v) is 6.71. The van der Waals surface area contributed by atoms with E-state index in [4.69, 9.17) is 22.1 Å². The van der Waals surface area contributed by atoms with Gasteiger partial charge in [-0.3, -0.25) is 4.79 Å². The number of hydrogen-bond donors (Lipinski definition) is 2. The molecule has 0 bridgehead atoms. The normalized spacial score (nSPS) is 18.9.